The Morgan fingerprint density at radius 2 is 1.35 bits per heavy atom. The van der Waals surface area contributed by atoms with Gasteiger partial charge in [0.1, 0.15) is 10.8 Å². The summed E-state index contributed by atoms with van der Waals surface area (Å²) < 4.78 is 6.75. The van der Waals surface area contributed by atoms with Crippen molar-refractivity contribution in [3.05, 3.63) is 101 Å². The maximum atomic E-state index is 6.75. The smallest absolute Gasteiger partial charge is 0.237 e. The lowest BCUT2D eigenvalue weighted by atomic mass is 9.81. The topological polar surface area (TPSA) is 22.1 Å². The number of benzene rings is 2. The van der Waals surface area contributed by atoms with Gasteiger partial charge in [-0.15, -0.1) is 0 Å². The molecule has 2 nitrogen and oxygen atoms in total. The van der Waals surface area contributed by atoms with E-state index in [0.29, 0.717) is 14.9 Å². The van der Waals surface area contributed by atoms with Gasteiger partial charge in [-0.05, 0) is 33.9 Å². The van der Waals surface area contributed by atoms with Gasteiger partial charge in [-0.25, -0.2) is 4.98 Å². The predicted molar refractivity (Wildman–Crippen MR) is 109 cm³/mol. The van der Waals surface area contributed by atoms with E-state index in [2.05, 4.69) is 50.0 Å². The summed E-state index contributed by atoms with van der Waals surface area (Å²) in [6, 6.07) is 24.5. The van der Waals surface area contributed by atoms with Gasteiger partial charge >= 0.3 is 0 Å². The summed E-state index contributed by atoms with van der Waals surface area (Å²) in [6.45, 7) is 6.56. The maximum Gasteiger partial charge on any atom is 0.237 e. The van der Waals surface area contributed by atoms with Gasteiger partial charge in [0.15, 0.2) is 0 Å². The number of aromatic nitrogens is 1. The van der Waals surface area contributed by atoms with E-state index in [0.717, 1.165) is 16.7 Å². The van der Waals surface area contributed by atoms with Crippen LogP contribution in [0.5, 0.6) is 0 Å². The van der Waals surface area contributed by atoms with Crippen molar-refractivity contribution in [2.45, 2.75) is 31.4 Å². The van der Waals surface area contributed by atoms with Crippen LogP contribution in [0.15, 0.2) is 79.0 Å². The minimum atomic E-state index is -0.735. The van der Waals surface area contributed by atoms with Gasteiger partial charge < -0.3 is 4.43 Å². The summed E-state index contributed by atoms with van der Waals surface area (Å²) in [5, 5.41) is 0.507. The van der Waals surface area contributed by atoms with E-state index in [1.165, 1.54) is 0 Å². The van der Waals surface area contributed by atoms with Crippen LogP contribution in [0.2, 0.25) is 10.2 Å². The van der Waals surface area contributed by atoms with Gasteiger partial charge in [0, 0.05) is 6.20 Å². The van der Waals surface area contributed by atoms with E-state index < -0.39 is 5.60 Å². The summed E-state index contributed by atoms with van der Waals surface area (Å²) in [5.74, 6) is 0. The molecule has 0 atom stereocenters. The monoisotopic (exact) mass is 379 g/mol. The van der Waals surface area contributed by atoms with Crippen LogP contribution in [0, 0.1) is 0 Å². The molecule has 0 saturated carbocycles. The standard InChI is InChI=1S/C22H22ClNOSi/c1-21(2,3)26-25-22(17-10-6-4-7-11-17,18-12-8-5-9-13-18)19-14-15-24-20(23)16-19/h4-16H,1-3H3. The van der Waals surface area contributed by atoms with E-state index in [-0.39, 0.29) is 5.04 Å². The normalized spacial score (nSPS) is 12.2. The van der Waals surface area contributed by atoms with Crippen molar-refractivity contribution >= 4 is 21.4 Å². The molecule has 0 unspecified atom stereocenters. The molecule has 0 bridgehead atoms. The van der Waals surface area contributed by atoms with Crippen LogP contribution in [-0.2, 0) is 10.0 Å². The second kappa shape index (κ2) is 7.75. The van der Waals surface area contributed by atoms with E-state index in [1.807, 2.05) is 48.5 Å². The van der Waals surface area contributed by atoms with Crippen molar-refractivity contribution in [1.82, 2.24) is 4.98 Å². The highest BCUT2D eigenvalue weighted by molar-refractivity contribution is 6.32. The average Bonchev–Trinajstić information content (AvgIpc) is 2.63. The van der Waals surface area contributed by atoms with Crippen LogP contribution in [0.3, 0.4) is 0 Å². The Morgan fingerprint density at radius 3 is 1.81 bits per heavy atom. The lowest BCUT2D eigenvalue weighted by molar-refractivity contribution is 0.156. The van der Waals surface area contributed by atoms with Crippen molar-refractivity contribution in [3.63, 3.8) is 0 Å². The number of hydrogen-bond acceptors (Lipinski definition) is 2. The zero-order valence-electron chi connectivity index (χ0n) is 15.2. The Kier molecular flexibility index (Phi) is 5.61. The molecule has 4 heteroatoms. The molecule has 0 aliphatic rings. The molecule has 0 amide bonds. The van der Waals surface area contributed by atoms with Gasteiger partial charge in [-0.2, -0.15) is 0 Å². The van der Waals surface area contributed by atoms with Crippen molar-refractivity contribution in [2.75, 3.05) is 0 Å². The van der Waals surface area contributed by atoms with E-state index in [9.17, 15) is 0 Å². The fourth-order valence-corrected chi connectivity index (χ4v) is 3.86. The molecule has 2 aromatic carbocycles. The summed E-state index contributed by atoms with van der Waals surface area (Å²) in [5.41, 5.74) is 2.39. The molecule has 132 valence electrons. The largest absolute Gasteiger partial charge is 0.400 e. The van der Waals surface area contributed by atoms with E-state index in [4.69, 9.17) is 16.0 Å². The molecule has 3 aromatic rings. The molecule has 0 spiro atoms. The quantitative estimate of drug-likeness (QED) is 0.408. The molecule has 0 N–H and O–H groups in total. The highest BCUT2D eigenvalue weighted by atomic mass is 35.5. The van der Waals surface area contributed by atoms with Crippen molar-refractivity contribution in [3.8, 4) is 0 Å². The lowest BCUT2D eigenvalue weighted by Crippen LogP contribution is -2.36. The van der Waals surface area contributed by atoms with Gasteiger partial charge in [0.05, 0.1) is 0 Å². The third-order valence-corrected chi connectivity index (χ3v) is 5.23. The molecule has 1 aromatic heterocycles. The fraction of sp³-hybridized carbons (Fsp3) is 0.227. The number of hydrogen-bond donors (Lipinski definition) is 0. The molecule has 0 aliphatic carbocycles. The first-order valence-corrected chi connectivity index (χ1v) is 9.89. The summed E-state index contributed by atoms with van der Waals surface area (Å²) >= 11 is 6.25. The number of pyridine rings is 1. The molecule has 1 heterocycles. The van der Waals surface area contributed by atoms with Gasteiger partial charge in [0.25, 0.3) is 0 Å². The maximum absolute atomic E-state index is 6.75. The average molecular weight is 380 g/mol. The third-order valence-electron chi connectivity index (χ3n) is 4.00. The van der Waals surface area contributed by atoms with Crippen molar-refractivity contribution in [1.29, 1.82) is 0 Å². The Hall–Kier alpha value is -1.94. The minimum absolute atomic E-state index is 0.0473. The van der Waals surface area contributed by atoms with Crippen LogP contribution in [0.4, 0.5) is 0 Å². The molecular formula is C22H22ClNOSi. The van der Waals surface area contributed by atoms with Crippen molar-refractivity contribution < 1.29 is 4.43 Å². The molecule has 26 heavy (non-hydrogen) atoms. The van der Waals surface area contributed by atoms with Gasteiger partial charge in [0.2, 0.25) is 9.76 Å². The zero-order valence-corrected chi connectivity index (χ0v) is 17.0. The Morgan fingerprint density at radius 1 is 0.808 bits per heavy atom. The van der Waals surface area contributed by atoms with Crippen LogP contribution in [-0.4, -0.2) is 14.7 Å². The predicted octanol–water partition coefficient (Wildman–Crippen LogP) is 5.88. The van der Waals surface area contributed by atoms with Crippen LogP contribution in [0.1, 0.15) is 37.5 Å². The summed E-state index contributed by atoms with van der Waals surface area (Å²) in [4.78, 5) is 4.16. The Bertz CT molecular complexity index is 807. The second-order valence-electron chi connectivity index (χ2n) is 7.23. The van der Waals surface area contributed by atoms with Gasteiger partial charge in [-0.1, -0.05) is 93.0 Å². The minimum Gasteiger partial charge on any atom is -0.400 e. The van der Waals surface area contributed by atoms with Crippen LogP contribution < -0.4 is 0 Å². The van der Waals surface area contributed by atoms with Crippen molar-refractivity contribution in [2.24, 2.45) is 0 Å². The number of nitrogens with zero attached hydrogens (tertiary/aromatic N) is 1. The Labute approximate surface area is 163 Å². The van der Waals surface area contributed by atoms with Crippen LogP contribution >= 0.6 is 11.6 Å². The highest BCUT2D eigenvalue weighted by Crippen LogP contribution is 2.42. The Balaban J connectivity index is 2.27. The van der Waals surface area contributed by atoms with E-state index >= 15 is 0 Å². The third kappa shape index (κ3) is 4.06. The molecule has 2 radical (unpaired) electrons. The SMILES string of the molecule is CC(C)(C)[Si]OC(c1ccccc1)(c1ccccc1)c1ccnc(Cl)c1. The highest BCUT2D eigenvalue weighted by Gasteiger charge is 2.39. The summed E-state index contributed by atoms with van der Waals surface area (Å²) in [7, 11) is 0.303. The first kappa shape index (κ1) is 18.8. The summed E-state index contributed by atoms with van der Waals surface area (Å²) in [6.07, 6.45) is 1.74. The van der Waals surface area contributed by atoms with Crippen LogP contribution in [0.25, 0.3) is 0 Å². The van der Waals surface area contributed by atoms with Gasteiger partial charge in [-0.3, -0.25) is 0 Å². The zero-order chi connectivity index (χ0) is 18.6. The molecule has 0 saturated heterocycles. The molecular weight excluding hydrogens is 358 g/mol. The van der Waals surface area contributed by atoms with E-state index in [1.54, 1.807) is 6.20 Å². The molecule has 3 rings (SSSR count). The first-order chi connectivity index (χ1) is 12.4. The number of rotatable bonds is 5. The number of halogens is 1. The molecule has 0 fully saturated rings. The first-order valence-electron chi connectivity index (χ1n) is 8.60. The molecule has 0 aliphatic heterocycles. The second-order valence-corrected chi connectivity index (χ2v) is 9.53. The fourth-order valence-electron chi connectivity index (χ4n) is 2.87. The lowest BCUT2D eigenvalue weighted by Gasteiger charge is -2.38.